The summed E-state index contributed by atoms with van der Waals surface area (Å²) in [5.41, 5.74) is 2.21. The number of halogens is 2. The monoisotopic (exact) mass is 292 g/mol. The van der Waals surface area contributed by atoms with Crippen LogP contribution in [-0.2, 0) is 6.54 Å². The zero-order chi connectivity index (χ0) is 15.6. The lowest BCUT2D eigenvalue weighted by molar-refractivity contribution is -0.387. The summed E-state index contributed by atoms with van der Waals surface area (Å²) in [4.78, 5) is 9.82. The predicted molar refractivity (Wildman–Crippen MR) is 76.3 cm³/mol. The molecule has 0 atom stereocenters. The molecule has 0 amide bonds. The maximum absolute atomic E-state index is 13.7. The van der Waals surface area contributed by atoms with Crippen LogP contribution in [0.1, 0.15) is 16.7 Å². The van der Waals surface area contributed by atoms with E-state index in [9.17, 15) is 18.9 Å². The number of benzene rings is 2. The molecule has 1 N–H and O–H groups in total. The number of nitrogens with one attached hydrogen (secondary N) is 1. The van der Waals surface area contributed by atoms with Crippen LogP contribution in [0, 0.1) is 35.6 Å². The molecule has 0 aliphatic heterocycles. The molecule has 4 nitrogen and oxygen atoms in total. The molecule has 0 unspecified atom stereocenters. The summed E-state index contributed by atoms with van der Waals surface area (Å²) >= 11 is 0. The molecule has 0 spiro atoms. The molecule has 0 aliphatic rings. The second-order valence-electron chi connectivity index (χ2n) is 4.75. The Bertz CT molecular complexity index is 702. The maximum atomic E-state index is 13.7. The van der Waals surface area contributed by atoms with E-state index in [0.717, 1.165) is 22.9 Å². The number of hydrogen-bond acceptors (Lipinski definition) is 3. The third-order valence-corrected chi connectivity index (χ3v) is 3.39. The quantitative estimate of drug-likeness (QED) is 0.681. The van der Waals surface area contributed by atoms with E-state index in [-0.39, 0.29) is 12.1 Å². The maximum Gasteiger partial charge on any atom is 0.305 e. The van der Waals surface area contributed by atoms with E-state index in [0.29, 0.717) is 6.07 Å². The van der Waals surface area contributed by atoms with Crippen LogP contribution in [0.2, 0.25) is 0 Å². The summed E-state index contributed by atoms with van der Waals surface area (Å²) in [6.07, 6.45) is 0. The van der Waals surface area contributed by atoms with Crippen molar-refractivity contribution in [3.05, 3.63) is 68.8 Å². The third kappa shape index (κ3) is 3.16. The lowest BCUT2D eigenvalue weighted by atomic mass is 10.1. The smallest absolute Gasteiger partial charge is 0.305 e. The van der Waals surface area contributed by atoms with Crippen molar-refractivity contribution in [3.63, 3.8) is 0 Å². The Labute approximate surface area is 120 Å². The molecule has 110 valence electrons. The highest BCUT2D eigenvalue weighted by Gasteiger charge is 2.18. The van der Waals surface area contributed by atoms with Gasteiger partial charge in [-0.3, -0.25) is 10.1 Å². The van der Waals surface area contributed by atoms with Crippen molar-refractivity contribution in [3.8, 4) is 0 Å². The van der Waals surface area contributed by atoms with Gasteiger partial charge in [0.05, 0.1) is 4.92 Å². The number of aryl methyl sites for hydroxylation is 1. The minimum absolute atomic E-state index is 0.0389. The van der Waals surface area contributed by atoms with Gasteiger partial charge in [0.1, 0.15) is 5.82 Å². The first-order valence-corrected chi connectivity index (χ1v) is 6.32. The molecule has 6 heteroatoms. The van der Waals surface area contributed by atoms with Gasteiger partial charge >= 0.3 is 5.69 Å². The molecule has 0 saturated carbocycles. The second kappa shape index (κ2) is 5.87. The molecule has 0 aliphatic carbocycles. The summed E-state index contributed by atoms with van der Waals surface area (Å²) < 4.78 is 26.9. The molecule has 0 bridgehead atoms. The molecule has 2 aromatic rings. The topological polar surface area (TPSA) is 55.2 Å². The fraction of sp³-hybridized carbons (Fsp3) is 0.200. The fourth-order valence-corrected chi connectivity index (χ4v) is 1.99. The van der Waals surface area contributed by atoms with Gasteiger partial charge in [-0.15, -0.1) is 0 Å². The van der Waals surface area contributed by atoms with Gasteiger partial charge in [-0.25, -0.2) is 4.39 Å². The summed E-state index contributed by atoms with van der Waals surface area (Å²) in [6.45, 7) is 3.90. The Hall–Kier alpha value is -2.50. The van der Waals surface area contributed by atoms with Gasteiger partial charge in [0.15, 0.2) is 0 Å². The first-order valence-electron chi connectivity index (χ1n) is 6.32. The van der Waals surface area contributed by atoms with E-state index in [1.807, 2.05) is 32.0 Å². The van der Waals surface area contributed by atoms with E-state index >= 15 is 0 Å². The van der Waals surface area contributed by atoms with E-state index in [1.54, 1.807) is 0 Å². The van der Waals surface area contributed by atoms with Gasteiger partial charge in [-0.1, -0.05) is 12.1 Å². The van der Waals surface area contributed by atoms with Crippen molar-refractivity contribution >= 4 is 11.4 Å². The molecule has 2 aromatic carbocycles. The van der Waals surface area contributed by atoms with Crippen LogP contribution in [0.4, 0.5) is 20.2 Å². The molecular formula is C15H14F2N2O2. The Kier molecular flexibility index (Phi) is 4.16. The van der Waals surface area contributed by atoms with E-state index in [2.05, 4.69) is 5.32 Å². The standard InChI is InChI=1S/C15H14F2N2O2/c1-9-4-3-5-14(10(9)2)18-8-11-6-15(19(20)21)13(17)7-12(11)16/h3-7,18H,8H2,1-2H3. The number of nitro groups is 1. The Morgan fingerprint density at radius 3 is 2.57 bits per heavy atom. The summed E-state index contributed by atoms with van der Waals surface area (Å²) in [5, 5.41) is 13.7. The molecule has 0 aromatic heterocycles. The van der Waals surface area contributed by atoms with Gasteiger partial charge < -0.3 is 5.32 Å². The number of anilines is 1. The molecule has 0 saturated heterocycles. The Morgan fingerprint density at radius 2 is 1.90 bits per heavy atom. The van der Waals surface area contributed by atoms with Gasteiger partial charge in [-0.05, 0) is 31.0 Å². The molecule has 0 heterocycles. The highest BCUT2D eigenvalue weighted by molar-refractivity contribution is 5.54. The number of rotatable bonds is 4. The molecule has 21 heavy (non-hydrogen) atoms. The average molecular weight is 292 g/mol. The SMILES string of the molecule is Cc1cccc(NCc2cc([N+](=O)[O-])c(F)cc2F)c1C. The van der Waals surface area contributed by atoms with Crippen LogP contribution in [0.5, 0.6) is 0 Å². The minimum atomic E-state index is -1.17. The predicted octanol–water partition coefficient (Wildman–Crippen LogP) is 4.10. The summed E-state index contributed by atoms with van der Waals surface area (Å²) in [7, 11) is 0. The zero-order valence-electron chi connectivity index (χ0n) is 11.6. The fourth-order valence-electron chi connectivity index (χ4n) is 1.99. The highest BCUT2D eigenvalue weighted by Crippen LogP contribution is 2.23. The number of nitro benzene ring substituents is 1. The van der Waals surface area contributed by atoms with Crippen LogP contribution in [0.3, 0.4) is 0 Å². The van der Waals surface area contributed by atoms with Gasteiger partial charge in [0.25, 0.3) is 0 Å². The first kappa shape index (κ1) is 14.9. The Morgan fingerprint density at radius 1 is 1.19 bits per heavy atom. The molecule has 0 radical (unpaired) electrons. The van der Waals surface area contributed by atoms with Crippen molar-refractivity contribution in [2.75, 3.05) is 5.32 Å². The average Bonchev–Trinajstić information content (AvgIpc) is 2.41. The number of hydrogen-bond donors (Lipinski definition) is 1. The van der Waals surface area contributed by atoms with Crippen LogP contribution >= 0.6 is 0 Å². The minimum Gasteiger partial charge on any atom is -0.381 e. The van der Waals surface area contributed by atoms with Crippen molar-refractivity contribution in [2.45, 2.75) is 20.4 Å². The van der Waals surface area contributed by atoms with Crippen LogP contribution in [-0.4, -0.2) is 4.92 Å². The third-order valence-electron chi connectivity index (χ3n) is 3.39. The molecule has 0 fully saturated rings. The van der Waals surface area contributed by atoms with Crippen molar-refractivity contribution < 1.29 is 13.7 Å². The van der Waals surface area contributed by atoms with Gasteiger partial charge in [-0.2, -0.15) is 4.39 Å². The van der Waals surface area contributed by atoms with Crippen LogP contribution < -0.4 is 5.32 Å². The van der Waals surface area contributed by atoms with E-state index in [1.165, 1.54) is 0 Å². The van der Waals surface area contributed by atoms with Crippen LogP contribution in [0.15, 0.2) is 30.3 Å². The van der Waals surface area contributed by atoms with Gasteiger partial charge in [0.2, 0.25) is 5.82 Å². The second-order valence-corrected chi connectivity index (χ2v) is 4.75. The lowest BCUT2D eigenvalue weighted by Gasteiger charge is -2.12. The first-order chi connectivity index (χ1) is 9.90. The molecular weight excluding hydrogens is 278 g/mol. The van der Waals surface area contributed by atoms with Gasteiger partial charge in [0, 0.05) is 29.9 Å². The summed E-state index contributed by atoms with van der Waals surface area (Å²) in [5.74, 6) is -1.98. The lowest BCUT2D eigenvalue weighted by Crippen LogP contribution is -2.05. The van der Waals surface area contributed by atoms with E-state index in [4.69, 9.17) is 0 Å². The van der Waals surface area contributed by atoms with Crippen LogP contribution in [0.25, 0.3) is 0 Å². The van der Waals surface area contributed by atoms with E-state index < -0.39 is 22.2 Å². The zero-order valence-corrected chi connectivity index (χ0v) is 11.6. The normalized spacial score (nSPS) is 10.5. The Balaban J connectivity index is 2.26. The van der Waals surface area contributed by atoms with Crippen molar-refractivity contribution in [1.82, 2.24) is 0 Å². The highest BCUT2D eigenvalue weighted by atomic mass is 19.1. The van der Waals surface area contributed by atoms with Crippen molar-refractivity contribution in [2.24, 2.45) is 0 Å². The summed E-state index contributed by atoms with van der Waals surface area (Å²) in [6, 6.07) is 7.09. The van der Waals surface area contributed by atoms with Crippen molar-refractivity contribution in [1.29, 1.82) is 0 Å². The largest absolute Gasteiger partial charge is 0.381 e. The number of nitrogens with zero attached hydrogens (tertiary/aromatic N) is 1. The molecule has 2 rings (SSSR count).